The number of furan rings is 1. The predicted octanol–water partition coefficient (Wildman–Crippen LogP) is 3.28. The molecule has 1 aliphatic carbocycles. The average Bonchev–Trinajstić information content (AvgIpc) is 3.36. The molecule has 2 heterocycles. The summed E-state index contributed by atoms with van der Waals surface area (Å²) in [6.07, 6.45) is 6.47. The molecule has 0 saturated carbocycles. The molecule has 4 rings (SSSR count). The molecule has 1 aromatic carbocycles. The van der Waals surface area contributed by atoms with Crippen molar-refractivity contribution in [2.24, 2.45) is 5.92 Å². The first kappa shape index (κ1) is 16.9. The molecule has 2 aromatic rings. The van der Waals surface area contributed by atoms with Gasteiger partial charge >= 0.3 is 0 Å². The number of piperidine rings is 1. The quantitative estimate of drug-likeness (QED) is 0.852. The van der Waals surface area contributed by atoms with Crippen LogP contribution in [-0.2, 0) is 11.2 Å². The van der Waals surface area contributed by atoms with E-state index in [0.29, 0.717) is 18.7 Å². The first-order valence-corrected chi connectivity index (χ1v) is 9.31. The molecule has 5 nitrogen and oxygen atoms in total. The maximum atomic E-state index is 13.0. The smallest absolute Gasteiger partial charge is 0.257 e. The van der Waals surface area contributed by atoms with E-state index in [0.717, 1.165) is 25.7 Å². The molecule has 1 unspecified atom stereocenters. The Hall–Kier alpha value is -2.56. The third-order valence-corrected chi connectivity index (χ3v) is 5.82. The van der Waals surface area contributed by atoms with Crippen LogP contribution >= 0.6 is 0 Å². The number of hydrogen-bond acceptors (Lipinski definition) is 3. The molecule has 1 aliphatic heterocycles. The number of rotatable bonds is 3. The number of nitrogens with zero attached hydrogens (tertiary/aromatic N) is 2. The zero-order chi connectivity index (χ0) is 18.1. The van der Waals surface area contributed by atoms with Crippen molar-refractivity contribution in [2.45, 2.75) is 31.7 Å². The summed E-state index contributed by atoms with van der Waals surface area (Å²) < 4.78 is 4.99. The lowest BCUT2D eigenvalue weighted by Gasteiger charge is -2.35. The van der Waals surface area contributed by atoms with Gasteiger partial charge in [-0.2, -0.15) is 0 Å². The van der Waals surface area contributed by atoms with Crippen molar-refractivity contribution in [1.82, 2.24) is 9.80 Å². The van der Waals surface area contributed by atoms with E-state index < -0.39 is 0 Å². The Morgan fingerprint density at radius 2 is 1.88 bits per heavy atom. The number of carbonyl (C=O) groups is 2. The fraction of sp³-hybridized carbons (Fsp3) is 0.429. The van der Waals surface area contributed by atoms with Crippen molar-refractivity contribution in [1.29, 1.82) is 0 Å². The molecule has 1 saturated heterocycles. The van der Waals surface area contributed by atoms with Crippen LogP contribution < -0.4 is 0 Å². The van der Waals surface area contributed by atoms with Crippen LogP contribution in [0.2, 0.25) is 0 Å². The van der Waals surface area contributed by atoms with Gasteiger partial charge in [0.1, 0.15) is 6.26 Å². The van der Waals surface area contributed by atoms with Gasteiger partial charge in [-0.05, 0) is 42.9 Å². The van der Waals surface area contributed by atoms with Crippen molar-refractivity contribution in [2.75, 3.05) is 20.1 Å². The Morgan fingerprint density at radius 3 is 2.62 bits per heavy atom. The molecule has 1 fully saturated rings. The fourth-order valence-corrected chi connectivity index (χ4v) is 4.28. The number of amides is 2. The second-order valence-electron chi connectivity index (χ2n) is 7.28. The van der Waals surface area contributed by atoms with Crippen molar-refractivity contribution < 1.29 is 14.0 Å². The van der Waals surface area contributed by atoms with Crippen LogP contribution in [0, 0.1) is 5.92 Å². The van der Waals surface area contributed by atoms with Gasteiger partial charge in [0.2, 0.25) is 5.91 Å². The van der Waals surface area contributed by atoms with Gasteiger partial charge < -0.3 is 14.2 Å². The summed E-state index contributed by atoms with van der Waals surface area (Å²) in [6.45, 7) is 1.24. The summed E-state index contributed by atoms with van der Waals surface area (Å²) in [5, 5.41) is 0. The minimum absolute atomic E-state index is 0.00108. The minimum atomic E-state index is -0.0114. The Bertz CT molecular complexity index is 791. The average molecular weight is 352 g/mol. The molecule has 1 aromatic heterocycles. The molecule has 0 radical (unpaired) electrons. The van der Waals surface area contributed by atoms with Crippen LogP contribution in [-0.4, -0.2) is 41.8 Å². The minimum Gasteiger partial charge on any atom is -0.472 e. The van der Waals surface area contributed by atoms with Crippen molar-refractivity contribution in [3.05, 3.63) is 59.5 Å². The highest BCUT2D eigenvalue weighted by Gasteiger charge is 2.34. The molecule has 5 heteroatoms. The first-order chi connectivity index (χ1) is 12.6. The zero-order valence-corrected chi connectivity index (χ0v) is 15.1. The monoisotopic (exact) mass is 352 g/mol. The van der Waals surface area contributed by atoms with E-state index in [4.69, 9.17) is 4.42 Å². The molecule has 26 heavy (non-hydrogen) atoms. The predicted molar refractivity (Wildman–Crippen MR) is 97.6 cm³/mol. The van der Waals surface area contributed by atoms with Crippen molar-refractivity contribution in [3.63, 3.8) is 0 Å². The van der Waals surface area contributed by atoms with Crippen LogP contribution in [0.4, 0.5) is 0 Å². The molecule has 2 aliphatic rings. The summed E-state index contributed by atoms with van der Waals surface area (Å²) in [6, 6.07) is 10.3. The van der Waals surface area contributed by atoms with E-state index >= 15 is 0 Å². The maximum Gasteiger partial charge on any atom is 0.257 e. The summed E-state index contributed by atoms with van der Waals surface area (Å²) in [7, 11) is 1.93. The second-order valence-corrected chi connectivity index (χ2v) is 7.28. The SMILES string of the molecule is CN(C(=O)C1CCN(C(=O)c2ccoc2)CC1)C1CCc2ccccc21. The van der Waals surface area contributed by atoms with Crippen LogP contribution in [0.5, 0.6) is 0 Å². The summed E-state index contributed by atoms with van der Waals surface area (Å²) in [5.41, 5.74) is 3.23. The van der Waals surface area contributed by atoms with E-state index in [-0.39, 0.29) is 23.8 Å². The summed E-state index contributed by atoms with van der Waals surface area (Å²) in [4.78, 5) is 29.1. The van der Waals surface area contributed by atoms with Gasteiger partial charge in [-0.25, -0.2) is 0 Å². The summed E-state index contributed by atoms with van der Waals surface area (Å²) in [5.74, 6) is 0.200. The number of hydrogen-bond donors (Lipinski definition) is 0. The van der Waals surface area contributed by atoms with E-state index in [1.165, 1.54) is 23.7 Å². The van der Waals surface area contributed by atoms with Crippen LogP contribution in [0.15, 0.2) is 47.3 Å². The van der Waals surface area contributed by atoms with E-state index in [9.17, 15) is 9.59 Å². The molecule has 136 valence electrons. The lowest BCUT2D eigenvalue weighted by atomic mass is 9.94. The molecule has 0 N–H and O–H groups in total. The molecule has 0 bridgehead atoms. The van der Waals surface area contributed by atoms with Crippen LogP contribution in [0.3, 0.4) is 0 Å². The van der Waals surface area contributed by atoms with E-state index in [2.05, 4.69) is 24.3 Å². The molecule has 1 atom stereocenters. The van der Waals surface area contributed by atoms with Gasteiger partial charge in [-0.15, -0.1) is 0 Å². The number of aryl methyl sites for hydroxylation is 1. The van der Waals surface area contributed by atoms with Crippen molar-refractivity contribution in [3.8, 4) is 0 Å². The van der Waals surface area contributed by atoms with Gasteiger partial charge in [-0.3, -0.25) is 9.59 Å². The highest BCUT2D eigenvalue weighted by molar-refractivity contribution is 5.94. The third kappa shape index (κ3) is 3.02. The largest absolute Gasteiger partial charge is 0.472 e. The molecule has 2 amide bonds. The second kappa shape index (κ2) is 6.98. The highest BCUT2D eigenvalue weighted by Crippen LogP contribution is 2.36. The zero-order valence-electron chi connectivity index (χ0n) is 15.1. The van der Waals surface area contributed by atoms with Gasteiger partial charge in [0.25, 0.3) is 5.91 Å². The molecular formula is C21H24N2O3. The van der Waals surface area contributed by atoms with E-state index in [1.54, 1.807) is 6.07 Å². The Balaban J connectivity index is 1.37. The van der Waals surface area contributed by atoms with Crippen LogP contribution in [0.1, 0.15) is 46.8 Å². The topological polar surface area (TPSA) is 53.8 Å². The molecular weight excluding hydrogens is 328 g/mol. The standard InChI is InChI=1S/C21H24N2O3/c1-22(19-7-6-15-4-2-3-5-18(15)19)20(24)16-8-11-23(12-9-16)21(25)17-10-13-26-14-17/h2-5,10,13-14,16,19H,6-9,11-12H2,1H3. The Labute approximate surface area is 153 Å². The van der Waals surface area contributed by atoms with Crippen molar-refractivity contribution >= 4 is 11.8 Å². The normalized spacial score (nSPS) is 20.0. The van der Waals surface area contributed by atoms with Gasteiger partial charge in [0.05, 0.1) is 17.9 Å². The lowest BCUT2D eigenvalue weighted by Crippen LogP contribution is -2.44. The third-order valence-electron chi connectivity index (χ3n) is 5.82. The maximum absolute atomic E-state index is 13.0. The number of benzene rings is 1. The van der Waals surface area contributed by atoms with Gasteiger partial charge in [0.15, 0.2) is 0 Å². The van der Waals surface area contributed by atoms with Gasteiger partial charge in [-0.1, -0.05) is 24.3 Å². The summed E-state index contributed by atoms with van der Waals surface area (Å²) >= 11 is 0. The Morgan fingerprint density at radius 1 is 1.12 bits per heavy atom. The number of fused-ring (bicyclic) bond motifs is 1. The van der Waals surface area contributed by atoms with Crippen LogP contribution in [0.25, 0.3) is 0 Å². The number of carbonyl (C=O) groups excluding carboxylic acids is 2. The van der Waals surface area contributed by atoms with Gasteiger partial charge in [0, 0.05) is 26.1 Å². The first-order valence-electron chi connectivity index (χ1n) is 9.31. The fourth-order valence-electron chi connectivity index (χ4n) is 4.28. The van der Waals surface area contributed by atoms with E-state index in [1.807, 2.05) is 16.8 Å². The number of likely N-dealkylation sites (tertiary alicyclic amines) is 1. The lowest BCUT2D eigenvalue weighted by molar-refractivity contribution is -0.137. The Kier molecular flexibility index (Phi) is 4.53. The highest BCUT2D eigenvalue weighted by atomic mass is 16.3. The molecule has 0 spiro atoms.